The van der Waals surface area contributed by atoms with Gasteiger partial charge in [-0.15, -0.1) is 0 Å². The van der Waals surface area contributed by atoms with Gasteiger partial charge in [-0.1, -0.05) is 19.3 Å². The Bertz CT molecular complexity index is 476. The Kier molecular flexibility index (Phi) is 13.9. The number of carbonyl (C=O) groups excluding carboxylic acids is 3. The Balaban J connectivity index is 3.63. The molecular weight excluding hydrogens is 364 g/mol. The number of hydroxylamine groups is 2. The number of aliphatic hydroxyl groups is 2. The minimum atomic E-state index is -1.18. The molecule has 28 heavy (non-hydrogen) atoms. The number of hydrogen-bond acceptors (Lipinski definition) is 7. The summed E-state index contributed by atoms with van der Waals surface area (Å²) in [6.45, 7) is 2.85. The fraction of sp³-hybridized carbons (Fsp3) is 0.850. The Morgan fingerprint density at radius 1 is 0.893 bits per heavy atom. The van der Waals surface area contributed by atoms with Crippen molar-refractivity contribution >= 4 is 17.5 Å². The first-order valence-electron chi connectivity index (χ1n) is 10.2. The normalized spacial score (nSPS) is 12.6. The summed E-state index contributed by atoms with van der Waals surface area (Å²) in [6, 6.07) is -1.18. The monoisotopic (exact) mass is 402 g/mol. The molecule has 0 aliphatic heterocycles. The van der Waals surface area contributed by atoms with Crippen LogP contribution in [0.1, 0.15) is 84.5 Å². The van der Waals surface area contributed by atoms with Gasteiger partial charge in [-0.2, -0.15) is 0 Å². The molecular formula is C20H38N2O6. The van der Waals surface area contributed by atoms with Crippen LogP contribution in [0.4, 0.5) is 0 Å². The first kappa shape index (κ1) is 26.6. The van der Waals surface area contributed by atoms with Crippen LogP contribution in [-0.4, -0.2) is 62.8 Å². The van der Waals surface area contributed by atoms with Gasteiger partial charge in [-0.3, -0.25) is 19.6 Å². The van der Waals surface area contributed by atoms with Crippen molar-refractivity contribution in [3.05, 3.63) is 0 Å². The van der Waals surface area contributed by atoms with E-state index in [1.54, 1.807) is 13.8 Å². The molecule has 0 aliphatic carbocycles. The van der Waals surface area contributed by atoms with Gasteiger partial charge in [0.2, 0.25) is 0 Å². The predicted molar refractivity (Wildman–Crippen MR) is 106 cm³/mol. The molecule has 0 saturated heterocycles. The van der Waals surface area contributed by atoms with E-state index < -0.39 is 24.2 Å². The van der Waals surface area contributed by atoms with Gasteiger partial charge in [0, 0.05) is 25.7 Å². The van der Waals surface area contributed by atoms with Crippen molar-refractivity contribution in [2.75, 3.05) is 13.2 Å². The Hall–Kier alpha value is -1.35. The van der Waals surface area contributed by atoms with Crippen molar-refractivity contribution in [3.8, 4) is 0 Å². The number of unbranched alkanes of at least 4 members (excludes halogenated alkanes) is 4. The van der Waals surface area contributed by atoms with Gasteiger partial charge in [0.05, 0.1) is 18.8 Å². The van der Waals surface area contributed by atoms with Crippen molar-refractivity contribution in [2.24, 2.45) is 5.73 Å². The standard InChI is InChI=1S/C20H38N2O6/c1-20(2,27)13-8-7-11-16(24)9-5-3-4-6-10-17(25)12-14-22(28)19(26)18(21)15-23/h18,23,27-28H,3-15,21H2,1-2H3/t18-/m0/s1. The highest BCUT2D eigenvalue weighted by Gasteiger charge is 2.19. The summed E-state index contributed by atoms with van der Waals surface area (Å²) in [7, 11) is 0. The molecule has 0 aromatic carbocycles. The first-order valence-corrected chi connectivity index (χ1v) is 10.2. The molecule has 1 amide bonds. The molecule has 0 aromatic rings. The maximum absolute atomic E-state index is 11.8. The van der Waals surface area contributed by atoms with E-state index in [1.807, 2.05) is 0 Å². The van der Waals surface area contributed by atoms with Gasteiger partial charge in [0.25, 0.3) is 5.91 Å². The molecule has 8 nitrogen and oxygen atoms in total. The Labute approximate surface area is 168 Å². The van der Waals surface area contributed by atoms with Crippen LogP contribution < -0.4 is 5.73 Å². The fourth-order valence-electron chi connectivity index (χ4n) is 2.74. The van der Waals surface area contributed by atoms with Crippen LogP contribution >= 0.6 is 0 Å². The number of nitrogens with two attached hydrogens (primary N) is 1. The van der Waals surface area contributed by atoms with Crippen LogP contribution in [-0.2, 0) is 14.4 Å². The third-order valence-electron chi connectivity index (χ3n) is 4.53. The highest BCUT2D eigenvalue weighted by molar-refractivity contribution is 5.82. The molecule has 0 bridgehead atoms. The highest BCUT2D eigenvalue weighted by Crippen LogP contribution is 2.14. The fourth-order valence-corrected chi connectivity index (χ4v) is 2.74. The third-order valence-corrected chi connectivity index (χ3v) is 4.53. The second kappa shape index (κ2) is 14.6. The van der Waals surface area contributed by atoms with Gasteiger partial charge in [-0.25, -0.2) is 5.06 Å². The van der Waals surface area contributed by atoms with Crippen LogP contribution in [0.5, 0.6) is 0 Å². The molecule has 0 spiro atoms. The van der Waals surface area contributed by atoms with Crippen molar-refractivity contribution < 1.29 is 29.8 Å². The second-order valence-electron chi connectivity index (χ2n) is 8.01. The van der Waals surface area contributed by atoms with Gasteiger partial charge in [0.1, 0.15) is 17.6 Å². The highest BCUT2D eigenvalue weighted by atomic mass is 16.5. The minimum Gasteiger partial charge on any atom is -0.394 e. The van der Waals surface area contributed by atoms with E-state index in [4.69, 9.17) is 10.8 Å². The maximum Gasteiger partial charge on any atom is 0.265 e. The number of nitrogens with zero attached hydrogens (tertiary/aromatic N) is 1. The summed E-state index contributed by atoms with van der Waals surface area (Å²) in [5, 5.41) is 28.2. The van der Waals surface area contributed by atoms with E-state index in [9.17, 15) is 24.7 Å². The smallest absolute Gasteiger partial charge is 0.265 e. The van der Waals surface area contributed by atoms with E-state index in [-0.39, 0.29) is 24.5 Å². The number of ketones is 2. The molecule has 0 saturated carbocycles. The molecule has 164 valence electrons. The van der Waals surface area contributed by atoms with E-state index in [2.05, 4.69) is 0 Å². The lowest BCUT2D eigenvalue weighted by Gasteiger charge is -2.17. The van der Waals surface area contributed by atoms with Crippen LogP contribution in [0.3, 0.4) is 0 Å². The number of rotatable bonds is 17. The molecule has 0 aliphatic rings. The van der Waals surface area contributed by atoms with Gasteiger partial charge in [0.15, 0.2) is 0 Å². The summed E-state index contributed by atoms with van der Waals surface area (Å²) in [6.07, 6.45) is 7.17. The van der Waals surface area contributed by atoms with E-state index in [0.29, 0.717) is 37.2 Å². The van der Waals surface area contributed by atoms with Crippen molar-refractivity contribution in [2.45, 2.75) is 96.1 Å². The number of Topliss-reactive ketones (excluding diaryl/α,β-unsaturated/α-hetero) is 2. The van der Waals surface area contributed by atoms with Crippen LogP contribution in [0.25, 0.3) is 0 Å². The molecule has 5 N–H and O–H groups in total. The average Bonchev–Trinajstić information content (AvgIpc) is 2.63. The molecule has 8 heteroatoms. The lowest BCUT2D eigenvalue weighted by Crippen LogP contribution is -2.44. The number of aliphatic hydroxyl groups excluding tert-OH is 1. The maximum atomic E-state index is 11.8. The second-order valence-corrected chi connectivity index (χ2v) is 8.01. The SMILES string of the molecule is CC(C)(O)CCCCC(=O)CCCCCCC(=O)CCN(O)C(=O)[C@@H](N)CO. The molecule has 0 heterocycles. The molecule has 0 unspecified atom stereocenters. The molecule has 0 fully saturated rings. The molecule has 1 atom stereocenters. The van der Waals surface area contributed by atoms with E-state index >= 15 is 0 Å². The molecule has 0 radical (unpaired) electrons. The Morgan fingerprint density at radius 3 is 1.82 bits per heavy atom. The van der Waals surface area contributed by atoms with Crippen LogP contribution in [0.15, 0.2) is 0 Å². The average molecular weight is 403 g/mol. The lowest BCUT2D eigenvalue weighted by molar-refractivity contribution is -0.168. The largest absolute Gasteiger partial charge is 0.394 e. The van der Waals surface area contributed by atoms with Crippen molar-refractivity contribution in [1.82, 2.24) is 5.06 Å². The van der Waals surface area contributed by atoms with Gasteiger partial charge in [-0.05, 0) is 39.5 Å². The Morgan fingerprint density at radius 2 is 1.36 bits per heavy atom. The van der Waals surface area contributed by atoms with Crippen LogP contribution in [0.2, 0.25) is 0 Å². The number of amides is 1. The summed E-state index contributed by atoms with van der Waals surface area (Å²) < 4.78 is 0. The van der Waals surface area contributed by atoms with Gasteiger partial charge >= 0.3 is 0 Å². The summed E-state index contributed by atoms with van der Waals surface area (Å²) in [5.41, 5.74) is 4.63. The topological polar surface area (TPSA) is 141 Å². The van der Waals surface area contributed by atoms with E-state index in [0.717, 1.165) is 32.1 Å². The molecule has 0 aromatic heterocycles. The zero-order valence-electron chi connectivity index (χ0n) is 17.4. The summed E-state index contributed by atoms with van der Waals surface area (Å²) >= 11 is 0. The predicted octanol–water partition coefficient (Wildman–Crippen LogP) is 1.72. The molecule has 0 rings (SSSR count). The summed E-state index contributed by atoms with van der Waals surface area (Å²) in [5.74, 6) is -0.604. The zero-order chi connectivity index (χ0) is 21.6. The summed E-state index contributed by atoms with van der Waals surface area (Å²) in [4.78, 5) is 35.0. The lowest BCUT2D eigenvalue weighted by atomic mass is 9.99. The number of carbonyl (C=O) groups is 3. The number of hydrogen-bond donors (Lipinski definition) is 4. The van der Waals surface area contributed by atoms with Gasteiger partial charge < -0.3 is 15.9 Å². The quantitative estimate of drug-likeness (QED) is 0.165. The van der Waals surface area contributed by atoms with Crippen molar-refractivity contribution in [1.29, 1.82) is 0 Å². The van der Waals surface area contributed by atoms with Crippen LogP contribution in [0, 0.1) is 0 Å². The first-order chi connectivity index (χ1) is 13.1. The minimum absolute atomic E-state index is 0.0452. The third kappa shape index (κ3) is 14.7. The zero-order valence-corrected chi connectivity index (χ0v) is 17.4. The van der Waals surface area contributed by atoms with E-state index in [1.165, 1.54) is 0 Å². The van der Waals surface area contributed by atoms with Crippen molar-refractivity contribution in [3.63, 3.8) is 0 Å².